The van der Waals surface area contributed by atoms with Gasteiger partial charge in [-0.05, 0) is 41.8 Å². The van der Waals surface area contributed by atoms with Crippen LogP contribution < -0.4 is 4.74 Å². The first-order valence-corrected chi connectivity index (χ1v) is 7.62. The lowest BCUT2D eigenvalue weighted by Gasteiger charge is -2.16. The number of hydrogen-bond acceptors (Lipinski definition) is 2. The third-order valence-electron chi connectivity index (χ3n) is 3.57. The van der Waals surface area contributed by atoms with Gasteiger partial charge in [-0.25, -0.2) is 0 Å². The molecule has 0 fully saturated rings. The zero-order valence-electron chi connectivity index (χ0n) is 11.0. The largest absolute Gasteiger partial charge is 0.493 e. The fraction of sp³-hybridized carbons (Fsp3) is 0.250. The molecule has 1 N–H and O–H groups in total. The number of ether oxygens (including phenoxy) is 1. The zero-order chi connectivity index (χ0) is 14.3. The van der Waals surface area contributed by atoms with Crippen LogP contribution in [-0.4, -0.2) is 11.7 Å². The van der Waals surface area contributed by atoms with Gasteiger partial charge in [-0.15, -0.1) is 0 Å². The monoisotopic (exact) mass is 352 g/mol. The van der Waals surface area contributed by atoms with Crippen LogP contribution in [0.1, 0.15) is 28.4 Å². The van der Waals surface area contributed by atoms with Crippen molar-refractivity contribution >= 4 is 27.5 Å². The van der Waals surface area contributed by atoms with Gasteiger partial charge in [-0.2, -0.15) is 0 Å². The molecule has 1 unspecified atom stereocenters. The third kappa shape index (κ3) is 2.46. The Morgan fingerprint density at radius 1 is 1.30 bits per heavy atom. The smallest absolute Gasteiger partial charge is 0.128 e. The number of aliphatic hydroxyl groups is 1. The number of benzene rings is 2. The molecular weight excluding hydrogens is 340 g/mol. The van der Waals surface area contributed by atoms with Gasteiger partial charge in [0.2, 0.25) is 0 Å². The standard InChI is InChI=1S/C16H14BrClO2/c1-9-6-10(2-3-14(9)17)15(19)13-8-12(18)7-11-4-5-20-16(11)13/h2-3,6-8,15,19H,4-5H2,1H3. The van der Waals surface area contributed by atoms with Crippen LogP contribution in [0.25, 0.3) is 0 Å². The zero-order valence-corrected chi connectivity index (χ0v) is 13.3. The van der Waals surface area contributed by atoms with E-state index in [9.17, 15) is 5.11 Å². The molecule has 4 heteroatoms. The van der Waals surface area contributed by atoms with Crippen LogP contribution in [0.2, 0.25) is 5.02 Å². The summed E-state index contributed by atoms with van der Waals surface area (Å²) in [5.41, 5.74) is 3.74. The number of hydrogen-bond donors (Lipinski definition) is 1. The summed E-state index contributed by atoms with van der Waals surface area (Å²) in [6.45, 7) is 2.65. The van der Waals surface area contributed by atoms with E-state index in [4.69, 9.17) is 16.3 Å². The van der Waals surface area contributed by atoms with Crippen molar-refractivity contribution in [2.45, 2.75) is 19.4 Å². The first-order valence-electron chi connectivity index (χ1n) is 6.45. The van der Waals surface area contributed by atoms with Crippen molar-refractivity contribution in [1.82, 2.24) is 0 Å². The Kier molecular flexibility index (Phi) is 3.76. The van der Waals surface area contributed by atoms with E-state index >= 15 is 0 Å². The molecule has 1 aliphatic rings. The molecule has 0 radical (unpaired) electrons. The minimum absolute atomic E-state index is 0.636. The molecule has 1 heterocycles. The maximum absolute atomic E-state index is 10.6. The molecule has 2 nitrogen and oxygen atoms in total. The van der Waals surface area contributed by atoms with Crippen molar-refractivity contribution in [1.29, 1.82) is 0 Å². The summed E-state index contributed by atoms with van der Waals surface area (Å²) in [6.07, 6.45) is 0.113. The van der Waals surface area contributed by atoms with Gasteiger partial charge in [-0.3, -0.25) is 0 Å². The second-order valence-electron chi connectivity index (χ2n) is 4.99. The Bertz CT molecular complexity index is 670. The molecule has 20 heavy (non-hydrogen) atoms. The number of rotatable bonds is 2. The lowest BCUT2D eigenvalue weighted by molar-refractivity contribution is 0.213. The maximum Gasteiger partial charge on any atom is 0.128 e. The highest BCUT2D eigenvalue weighted by Crippen LogP contribution is 2.39. The van der Waals surface area contributed by atoms with E-state index < -0.39 is 6.10 Å². The summed E-state index contributed by atoms with van der Waals surface area (Å²) >= 11 is 9.61. The van der Waals surface area contributed by atoms with Gasteiger partial charge in [0, 0.05) is 21.5 Å². The molecule has 2 aromatic rings. The predicted molar refractivity (Wildman–Crippen MR) is 83.6 cm³/mol. The molecule has 0 saturated heterocycles. The fourth-order valence-electron chi connectivity index (χ4n) is 2.52. The van der Waals surface area contributed by atoms with Crippen LogP contribution in [0.4, 0.5) is 0 Å². The molecule has 0 bridgehead atoms. The molecule has 3 rings (SSSR count). The molecule has 0 aliphatic carbocycles. The average molecular weight is 354 g/mol. The van der Waals surface area contributed by atoms with Gasteiger partial charge in [0.05, 0.1) is 6.61 Å². The van der Waals surface area contributed by atoms with E-state index in [0.717, 1.165) is 38.9 Å². The molecule has 0 aromatic heterocycles. The fourth-order valence-corrected chi connectivity index (χ4v) is 3.01. The van der Waals surface area contributed by atoms with Crippen molar-refractivity contribution in [3.8, 4) is 5.75 Å². The minimum atomic E-state index is -0.729. The van der Waals surface area contributed by atoms with E-state index in [1.54, 1.807) is 6.07 Å². The first-order chi connectivity index (χ1) is 9.56. The third-order valence-corrected chi connectivity index (χ3v) is 4.68. The van der Waals surface area contributed by atoms with Gasteiger partial charge >= 0.3 is 0 Å². The number of halogens is 2. The molecule has 0 amide bonds. The van der Waals surface area contributed by atoms with Gasteiger partial charge in [-0.1, -0.05) is 39.7 Å². The Morgan fingerprint density at radius 2 is 2.10 bits per heavy atom. The molecule has 2 aromatic carbocycles. The highest BCUT2D eigenvalue weighted by atomic mass is 79.9. The van der Waals surface area contributed by atoms with Crippen LogP contribution in [0, 0.1) is 6.92 Å². The van der Waals surface area contributed by atoms with E-state index in [-0.39, 0.29) is 0 Å². The minimum Gasteiger partial charge on any atom is -0.493 e. The lowest BCUT2D eigenvalue weighted by atomic mass is 9.97. The lowest BCUT2D eigenvalue weighted by Crippen LogP contribution is -2.03. The van der Waals surface area contributed by atoms with Gasteiger partial charge in [0.25, 0.3) is 0 Å². The average Bonchev–Trinajstić information content (AvgIpc) is 2.88. The molecular formula is C16H14BrClO2. The summed E-state index contributed by atoms with van der Waals surface area (Å²) in [6, 6.07) is 9.52. The second kappa shape index (κ2) is 5.40. The number of aliphatic hydroxyl groups excluding tert-OH is 1. The molecule has 1 atom stereocenters. The molecule has 1 aliphatic heterocycles. The summed E-state index contributed by atoms with van der Waals surface area (Å²) < 4.78 is 6.68. The highest BCUT2D eigenvalue weighted by molar-refractivity contribution is 9.10. The van der Waals surface area contributed by atoms with Crippen molar-refractivity contribution in [3.63, 3.8) is 0 Å². The predicted octanol–water partition coefficient (Wildman–Crippen LogP) is 4.43. The maximum atomic E-state index is 10.6. The number of fused-ring (bicyclic) bond motifs is 1. The molecule has 0 spiro atoms. The molecule has 104 valence electrons. The van der Waals surface area contributed by atoms with Crippen molar-refractivity contribution in [2.24, 2.45) is 0 Å². The quantitative estimate of drug-likeness (QED) is 0.865. The van der Waals surface area contributed by atoms with Gasteiger partial charge < -0.3 is 9.84 Å². The second-order valence-corrected chi connectivity index (χ2v) is 6.28. The Hall–Kier alpha value is -1.03. The Balaban J connectivity index is 2.06. The van der Waals surface area contributed by atoms with E-state index in [1.807, 2.05) is 31.2 Å². The Labute approximate surface area is 131 Å². The van der Waals surface area contributed by atoms with Gasteiger partial charge in [0.15, 0.2) is 0 Å². The summed E-state index contributed by atoms with van der Waals surface area (Å²) in [4.78, 5) is 0. The van der Waals surface area contributed by atoms with Gasteiger partial charge in [0.1, 0.15) is 11.9 Å². The Morgan fingerprint density at radius 3 is 2.85 bits per heavy atom. The SMILES string of the molecule is Cc1cc(C(O)c2cc(Cl)cc3c2OCC3)ccc1Br. The topological polar surface area (TPSA) is 29.5 Å². The highest BCUT2D eigenvalue weighted by Gasteiger charge is 2.23. The van der Waals surface area contributed by atoms with Crippen LogP contribution in [0.15, 0.2) is 34.8 Å². The molecule has 0 saturated carbocycles. The summed E-state index contributed by atoms with van der Waals surface area (Å²) in [5, 5.41) is 11.3. The van der Waals surface area contributed by atoms with Crippen LogP contribution in [-0.2, 0) is 6.42 Å². The summed E-state index contributed by atoms with van der Waals surface area (Å²) in [5.74, 6) is 0.780. The summed E-state index contributed by atoms with van der Waals surface area (Å²) in [7, 11) is 0. The number of aryl methyl sites for hydroxylation is 1. The van der Waals surface area contributed by atoms with Crippen molar-refractivity contribution in [3.05, 3.63) is 62.1 Å². The van der Waals surface area contributed by atoms with Crippen molar-refractivity contribution in [2.75, 3.05) is 6.61 Å². The van der Waals surface area contributed by atoms with Crippen LogP contribution in [0.3, 0.4) is 0 Å². The van der Waals surface area contributed by atoms with Crippen LogP contribution in [0.5, 0.6) is 5.75 Å². The van der Waals surface area contributed by atoms with Crippen LogP contribution >= 0.6 is 27.5 Å². The van der Waals surface area contributed by atoms with E-state index in [0.29, 0.717) is 11.6 Å². The van der Waals surface area contributed by atoms with E-state index in [2.05, 4.69) is 15.9 Å². The van der Waals surface area contributed by atoms with E-state index in [1.165, 1.54) is 0 Å². The van der Waals surface area contributed by atoms with Crippen molar-refractivity contribution < 1.29 is 9.84 Å². The first kappa shape index (κ1) is 13.9. The normalized spacial score (nSPS) is 14.8.